The second-order valence-electron chi connectivity index (χ2n) is 6.87. The van der Waals surface area contributed by atoms with Crippen molar-refractivity contribution >= 4 is 5.91 Å². The molecule has 1 fully saturated rings. The van der Waals surface area contributed by atoms with E-state index >= 15 is 0 Å². The van der Waals surface area contributed by atoms with Crippen molar-refractivity contribution in [3.8, 4) is 5.69 Å². The lowest BCUT2D eigenvalue weighted by Gasteiger charge is -2.26. The summed E-state index contributed by atoms with van der Waals surface area (Å²) in [5.41, 5.74) is -2.22. The second kappa shape index (κ2) is 7.66. The van der Waals surface area contributed by atoms with E-state index in [-0.39, 0.29) is 11.6 Å². The molecule has 0 spiro atoms. The Morgan fingerprint density at radius 3 is 2.59 bits per heavy atom. The van der Waals surface area contributed by atoms with Gasteiger partial charge in [-0.1, -0.05) is 30.5 Å². The molecule has 0 bridgehead atoms. The Labute approximate surface area is 154 Å². The lowest BCUT2D eigenvalue weighted by Crippen LogP contribution is -2.34. The van der Waals surface area contributed by atoms with E-state index in [1.165, 1.54) is 24.1 Å². The molecule has 0 aliphatic heterocycles. The molecule has 0 unspecified atom stereocenters. The number of carbonyl (C=O) groups is 1. The molecular formula is C18H20F4N4O. The standard InChI is InChI=1S/C18H20F4N4O/c1-25(11-12-6-3-2-4-7-12)17(27)15-16(18(20,21)22)26(24-23-15)14-9-5-8-13(19)10-14/h5,8-10,12H,2-4,6-7,11H2,1H3. The van der Waals surface area contributed by atoms with E-state index in [4.69, 9.17) is 0 Å². The van der Waals surface area contributed by atoms with E-state index in [2.05, 4.69) is 10.3 Å². The van der Waals surface area contributed by atoms with E-state index in [1.54, 1.807) is 0 Å². The zero-order valence-electron chi connectivity index (χ0n) is 14.8. The molecule has 5 nitrogen and oxygen atoms in total. The van der Waals surface area contributed by atoms with Crippen molar-refractivity contribution in [3.05, 3.63) is 41.5 Å². The molecule has 1 aromatic carbocycles. The number of alkyl halides is 3. The fraction of sp³-hybridized carbons (Fsp3) is 0.500. The number of aromatic nitrogens is 3. The van der Waals surface area contributed by atoms with Crippen LogP contribution in [-0.4, -0.2) is 39.4 Å². The van der Waals surface area contributed by atoms with Gasteiger partial charge in [-0.05, 0) is 37.0 Å². The molecule has 0 saturated heterocycles. The average molecular weight is 384 g/mol. The number of nitrogens with zero attached hydrogens (tertiary/aromatic N) is 4. The molecule has 1 heterocycles. The summed E-state index contributed by atoms with van der Waals surface area (Å²) in [6, 6.07) is 4.55. The Morgan fingerprint density at radius 1 is 1.26 bits per heavy atom. The maximum atomic E-state index is 13.6. The zero-order valence-corrected chi connectivity index (χ0v) is 14.8. The Bertz CT molecular complexity index is 812. The summed E-state index contributed by atoms with van der Waals surface area (Å²) in [6.07, 6.45) is 0.326. The molecule has 9 heteroatoms. The minimum Gasteiger partial charge on any atom is -0.340 e. The molecule has 0 N–H and O–H groups in total. The van der Waals surface area contributed by atoms with Gasteiger partial charge in [0.05, 0.1) is 5.69 Å². The van der Waals surface area contributed by atoms with E-state index in [9.17, 15) is 22.4 Å². The number of halogens is 4. The topological polar surface area (TPSA) is 51.0 Å². The third-order valence-corrected chi connectivity index (χ3v) is 4.80. The van der Waals surface area contributed by atoms with Crippen molar-refractivity contribution in [2.24, 2.45) is 5.92 Å². The Morgan fingerprint density at radius 2 is 1.96 bits per heavy atom. The van der Waals surface area contributed by atoms with Crippen LogP contribution in [0.15, 0.2) is 24.3 Å². The normalized spacial score (nSPS) is 15.7. The van der Waals surface area contributed by atoms with Crippen LogP contribution in [0, 0.1) is 11.7 Å². The molecule has 3 rings (SSSR count). The maximum absolute atomic E-state index is 13.6. The highest BCUT2D eigenvalue weighted by Crippen LogP contribution is 2.33. The first kappa shape index (κ1) is 19.3. The smallest absolute Gasteiger partial charge is 0.340 e. The lowest BCUT2D eigenvalue weighted by atomic mass is 9.89. The van der Waals surface area contributed by atoms with Crippen LogP contribution in [0.25, 0.3) is 5.69 Å². The van der Waals surface area contributed by atoms with Crippen LogP contribution in [0.5, 0.6) is 0 Å². The van der Waals surface area contributed by atoms with Gasteiger partial charge in [0.1, 0.15) is 5.82 Å². The monoisotopic (exact) mass is 384 g/mol. The number of rotatable bonds is 4. The summed E-state index contributed by atoms with van der Waals surface area (Å²) in [6.45, 7) is 0.378. The van der Waals surface area contributed by atoms with Gasteiger partial charge in [-0.2, -0.15) is 13.2 Å². The molecule has 1 aliphatic rings. The fourth-order valence-corrected chi connectivity index (χ4v) is 3.49. The second-order valence-corrected chi connectivity index (χ2v) is 6.87. The summed E-state index contributed by atoms with van der Waals surface area (Å²) in [5, 5.41) is 6.96. The first-order valence-corrected chi connectivity index (χ1v) is 8.81. The summed E-state index contributed by atoms with van der Waals surface area (Å²) in [5.74, 6) is -1.27. The molecule has 1 amide bonds. The Hall–Kier alpha value is -2.45. The van der Waals surface area contributed by atoms with Crippen molar-refractivity contribution in [2.45, 2.75) is 38.3 Å². The third kappa shape index (κ3) is 4.28. The van der Waals surface area contributed by atoms with Crippen LogP contribution in [-0.2, 0) is 6.18 Å². The van der Waals surface area contributed by atoms with E-state index < -0.39 is 29.3 Å². The van der Waals surface area contributed by atoms with Crippen LogP contribution in [0.3, 0.4) is 0 Å². The molecule has 0 radical (unpaired) electrons. The van der Waals surface area contributed by atoms with Gasteiger partial charge in [0.25, 0.3) is 5.91 Å². The van der Waals surface area contributed by atoms with E-state index in [0.717, 1.165) is 44.2 Å². The number of benzene rings is 1. The number of hydrogen-bond acceptors (Lipinski definition) is 3. The number of hydrogen-bond donors (Lipinski definition) is 0. The summed E-state index contributed by atoms with van der Waals surface area (Å²) >= 11 is 0. The van der Waals surface area contributed by atoms with Gasteiger partial charge in [-0.25, -0.2) is 9.07 Å². The zero-order chi connectivity index (χ0) is 19.6. The van der Waals surface area contributed by atoms with Crippen molar-refractivity contribution in [1.29, 1.82) is 0 Å². The molecule has 146 valence electrons. The van der Waals surface area contributed by atoms with Crippen molar-refractivity contribution in [1.82, 2.24) is 19.9 Å². The predicted octanol–water partition coefficient (Wildman–Crippen LogP) is 4.08. The van der Waals surface area contributed by atoms with E-state index in [1.807, 2.05) is 0 Å². The third-order valence-electron chi connectivity index (χ3n) is 4.80. The van der Waals surface area contributed by atoms with Gasteiger partial charge < -0.3 is 4.90 Å². The largest absolute Gasteiger partial charge is 0.435 e. The van der Waals surface area contributed by atoms with Crippen molar-refractivity contribution in [3.63, 3.8) is 0 Å². The van der Waals surface area contributed by atoms with Crippen LogP contribution < -0.4 is 0 Å². The summed E-state index contributed by atoms with van der Waals surface area (Å²) in [4.78, 5) is 13.9. The average Bonchev–Trinajstić information content (AvgIpc) is 3.07. The minimum atomic E-state index is -4.87. The van der Waals surface area contributed by atoms with Crippen LogP contribution in [0.2, 0.25) is 0 Å². The van der Waals surface area contributed by atoms with Gasteiger partial charge in [0.2, 0.25) is 0 Å². The van der Waals surface area contributed by atoms with E-state index in [0.29, 0.717) is 11.2 Å². The number of carbonyl (C=O) groups excluding carboxylic acids is 1. The maximum Gasteiger partial charge on any atom is 0.435 e. The molecule has 1 saturated carbocycles. The van der Waals surface area contributed by atoms with Crippen LogP contribution >= 0.6 is 0 Å². The number of amides is 1. The minimum absolute atomic E-state index is 0.149. The highest BCUT2D eigenvalue weighted by atomic mass is 19.4. The quantitative estimate of drug-likeness (QED) is 0.747. The van der Waals surface area contributed by atoms with Gasteiger partial charge in [0, 0.05) is 13.6 Å². The molecule has 1 aliphatic carbocycles. The highest BCUT2D eigenvalue weighted by Gasteiger charge is 2.42. The SMILES string of the molecule is CN(CC1CCCCC1)C(=O)c1nnn(-c2cccc(F)c2)c1C(F)(F)F. The fourth-order valence-electron chi connectivity index (χ4n) is 3.49. The van der Waals surface area contributed by atoms with Crippen LogP contribution in [0.4, 0.5) is 17.6 Å². The van der Waals surface area contributed by atoms with Gasteiger partial charge >= 0.3 is 6.18 Å². The Balaban J connectivity index is 1.91. The lowest BCUT2D eigenvalue weighted by molar-refractivity contribution is -0.143. The van der Waals surface area contributed by atoms with Crippen molar-refractivity contribution in [2.75, 3.05) is 13.6 Å². The summed E-state index contributed by atoms with van der Waals surface area (Å²) in [7, 11) is 1.47. The molecule has 2 aromatic rings. The highest BCUT2D eigenvalue weighted by molar-refractivity contribution is 5.93. The first-order chi connectivity index (χ1) is 12.8. The Kier molecular flexibility index (Phi) is 5.48. The molecule has 0 atom stereocenters. The van der Waals surface area contributed by atoms with Gasteiger partial charge in [-0.3, -0.25) is 4.79 Å². The van der Waals surface area contributed by atoms with Gasteiger partial charge in [0.15, 0.2) is 11.4 Å². The molecule has 1 aromatic heterocycles. The first-order valence-electron chi connectivity index (χ1n) is 8.81. The van der Waals surface area contributed by atoms with Crippen molar-refractivity contribution < 1.29 is 22.4 Å². The predicted molar refractivity (Wildman–Crippen MR) is 89.9 cm³/mol. The molecule has 27 heavy (non-hydrogen) atoms. The summed E-state index contributed by atoms with van der Waals surface area (Å²) < 4.78 is 54.8. The van der Waals surface area contributed by atoms with Gasteiger partial charge in [-0.15, -0.1) is 5.10 Å². The molecular weight excluding hydrogens is 364 g/mol. The van der Waals surface area contributed by atoms with Crippen LogP contribution in [0.1, 0.15) is 48.3 Å².